The third-order valence-electron chi connectivity index (χ3n) is 4.22. The Morgan fingerprint density at radius 3 is 2.50 bits per heavy atom. The van der Waals surface area contributed by atoms with Crippen LogP contribution in [-0.2, 0) is 7.05 Å². The van der Waals surface area contributed by atoms with E-state index in [0.717, 1.165) is 11.1 Å². The topological polar surface area (TPSA) is 75.6 Å². The molecule has 4 aromatic rings. The minimum Gasteiger partial charge on any atom is -0.345 e. The van der Waals surface area contributed by atoms with Crippen molar-refractivity contribution in [3.8, 4) is 0 Å². The van der Waals surface area contributed by atoms with Crippen LogP contribution in [-0.4, -0.2) is 19.7 Å². The van der Waals surface area contributed by atoms with E-state index in [1.54, 1.807) is 23.9 Å². The molecule has 0 aliphatic rings. The predicted molar refractivity (Wildman–Crippen MR) is 97.4 cm³/mol. The van der Waals surface area contributed by atoms with E-state index in [2.05, 4.69) is 20.4 Å². The van der Waals surface area contributed by atoms with Gasteiger partial charge >= 0.3 is 0 Å². The minimum atomic E-state index is -0.302. The molecule has 6 nitrogen and oxygen atoms in total. The lowest BCUT2D eigenvalue weighted by Crippen LogP contribution is -2.18. The fraction of sp³-hybridized carbons (Fsp3) is 0.105. The lowest BCUT2D eigenvalue weighted by molar-refractivity contribution is 0.626. The second-order valence-corrected chi connectivity index (χ2v) is 5.96. The van der Waals surface area contributed by atoms with Crippen molar-refractivity contribution in [3.05, 3.63) is 88.1 Å². The van der Waals surface area contributed by atoms with Gasteiger partial charge in [-0.15, -0.1) is 0 Å². The van der Waals surface area contributed by atoms with Crippen molar-refractivity contribution in [2.75, 3.05) is 5.32 Å². The van der Waals surface area contributed by atoms with Gasteiger partial charge in [0.2, 0.25) is 5.95 Å². The lowest BCUT2D eigenvalue weighted by Gasteiger charge is -2.20. The SMILES string of the molecule is Cn1ncc2c(=O)[nH]c(NC(c3ccccc3)c3ccc(F)cc3)nc21. The second kappa shape index (κ2) is 6.44. The molecule has 2 aromatic heterocycles. The van der Waals surface area contributed by atoms with Gasteiger partial charge in [-0.2, -0.15) is 10.1 Å². The van der Waals surface area contributed by atoms with Gasteiger partial charge in [-0.25, -0.2) is 4.39 Å². The molecule has 0 spiro atoms. The molecule has 0 bridgehead atoms. The zero-order chi connectivity index (χ0) is 18.1. The molecule has 0 radical (unpaired) electrons. The standard InChI is InChI=1S/C19H16FN5O/c1-25-17-15(11-21-25)18(26)24-19(23-17)22-16(12-5-3-2-4-6-12)13-7-9-14(20)10-8-13/h2-11,16H,1H3,(H2,22,23,24,26). The van der Waals surface area contributed by atoms with Crippen molar-refractivity contribution < 1.29 is 4.39 Å². The third kappa shape index (κ3) is 2.95. The maximum Gasteiger partial charge on any atom is 0.263 e. The molecule has 1 unspecified atom stereocenters. The van der Waals surface area contributed by atoms with E-state index in [9.17, 15) is 9.18 Å². The van der Waals surface area contributed by atoms with E-state index in [0.29, 0.717) is 17.0 Å². The van der Waals surface area contributed by atoms with Gasteiger partial charge < -0.3 is 5.32 Å². The molecule has 0 aliphatic heterocycles. The summed E-state index contributed by atoms with van der Waals surface area (Å²) in [6, 6.07) is 15.6. The highest BCUT2D eigenvalue weighted by molar-refractivity contribution is 5.74. The second-order valence-electron chi connectivity index (χ2n) is 5.96. The Hall–Kier alpha value is -3.48. The number of fused-ring (bicyclic) bond motifs is 1. The summed E-state index contributed by atoms with van der Waals surface area (Å²) in [6.45, 7) is 0. The van der Waals surface area contributed by atoms with Gasteiger partial charge in [-0.3, -0.25) is 14.5 Å². The molecule has 0 aliphatic carbocycles. The molecule has 2 aromatic carbocycles. The van der Waals surface area contributed by atoms with Gasteiger partial charge in [0.15, 0.2) is 5.65 Å². The zero-order valence-corrected chi connectivity index (χ0v) is 14.0. The molecule has 130 valence electrons. The number of H-pyrrole nitrogens is 1. The van der Waals surface area contributed by atoms with Crippen LogP contribution in [0.3, 0.4) is 0 Å². The van der Waals surface area contributed by atoms with Gasteiger partial charge in [0.25, 0.3) is 5.56 Å². The first-order valence-electron chi connectivity index (χ1n) is 8.11. The van der Waals surface area contributed by atoms with Gasteiger partial charge in [0.1, 0.15) is 11.2 Å². The molecule has 26 heavy (non-hydrogen) atoms. The van der Waals surface area contributed by atoms with Crippen molar-refractivity contribution in [2.24, 2.45) is 7.05 Å². The molecule has 2 N–H and O–H groups in total. The number of aryl methyl sites for hydroxylation is 1. The molecule has 1 atom stereocenters. The van der Waals surface area contributed by atoms with Crippen molar-refractivity contribution in [1.29, 1.82) is 0 Å². The summed E-state index contributed by atoms with van der Waals surface area (Å²) < 4.78 is 14.9. The van der Waals surface area contributed by atoms with E-state index in [-0.39, 0.29) is 17.4 Å². The smallest absolute Gasteiger partial charge is 0.263 e. The number of hydrogen-bond acceptors (Lipinski definition) is 4. The molecule has 4 rings (SSSR count). The van der Waals surface area contributed by atoms with Crippen LogP contribution in [0.2, 0.25) is 0 Å². The molecule has 0 saturated carbocycles. The van der Waals surface area contributed by atoms with Crippen molar-refractivity contribution >= 4 is 17.0 Å². The van der Waals surface area contributed by atoms with E-state index in [1.807, 2.05) is 30.3 Å². The van der Waals surface area contributed by atoms with Gasteiger partial charge in [0.05, 0.1) is 12.2 Å². The lowest BCUT2D eigenvalue weighted by atomic mass is 9.99. The van der Waals surface area contributed by atoms with Crippen molar-refractivity contribution in [2.45, 2.75) is 6.04 Å². The average Bonchev–Trinajstić information content (AvgIpc) is 3.03. The number of aromatic nitrogens is 4. The fourth-order valence-electron chi connectivity index (χ4n) is 2.90. The summed E-state index contributed by atoms with van der Waals surface area (Å²) in [5, 5.41) is 7.75. The molecule has 0 fully saturated rings. The van der Waals surface area contributed by atoms with E-state index >= 15 is 0 Å². The Morgan fingerprint density at radius 1 is 1.08 bits per heavy atom. The maximum atomic E-state index is 13.3. The van der Waals surface area contributed by atoms with Crippen LogP contribution in [0.4, 0.5) is 10.3 Å². The molecule has 0 amide bonds. The number of rotatable bonds is 4. The number of hydrogen-bond donors (Lipinski definition) is 2. The van der Waals surface area contributed by atoms with Gasteiger partial charge in [-0.05, 0) is 23.3 Å². The molecule has 7 heteroatoms. The Labute approximate surface area is 148 Å². The number of aromatic amines is 1. The van der Waals surface area contributed by atoms with Crippen LogP contribution >= 0.6 is 0 Å². The summed E-state index contributed by atoms with van der Waals surface area (Å²) >= 11 is 0. The van der Waals surface area contributed by atoms with E-state index in [1.165, 1.54) is 18.3 Å². The van der Waals surface area contributed by atoms with Gasteiger partial charge in [-0.1, -0.05) is 42.5 Å². The largest absolute Gasteiger partial charge is 0.345 e. The minimum absolute atomic E-state index is 0.267. The van der Waals surface area contributed by atoms with Gasteiger partial charge in [0, 0.05) is 7.05 Å². The number of anilines is 1. The quantitative estimate of drug-likeness (QED) is 0.594. The normalized spacial score (nSPS) is 12.2. The Bertz CT molecular complexity index is 1100. The molecular weight excluding hydrogens is 333 g/mol. The maximum absolute atomic E-state index is 13.3. The van der Waals surface area contributed by atoms with Crippen LogP contribution in [0.25, 0.3) is 11.0 Å². The summed E-state index contributed by atoms with van der Waals surface area (Å²) in [5.74, 6) is 0.0210. The first-order valence-corrected chi connectivity index (χ1v) is 8.11. The Balaban J connectivity index is 1.79. The number of halogens is 1. The Morgan fingerprint density at radius 2 is 1.77 bits per heavy atom. The first kappa shape index (κ1) is 16.0. The number of nitrogens with zero attached hydrogens (tertiary/aromatic N) is 3. The van der Waals surface area contributed by atoms with Crippen LogP contribution in [0.5, 0.6) is 0 Å². The van der Waals surface area contributed by atoms with Crippen molar-refractivity contribution in [3.63, 3.8) is 0 Å². The fourth-order valence-corrected chi connectivity index (χ4v) is 2.90. The first-order chi connectivity index (χ1) is 12.6. The highest BCUT2D eigenvalue weighted by Crippen LogP contribution is 2.25. The number of nitrogens with one attached hydrogen (secondary N) is 2. The summed E-state index contributed by atoms with van der Waals surface area (Å²) in [5.41, 5.74) is 2.04. The number of benzene rings is 2. The highest BCUT2D eigenvalue weighted by atomic mass is 19.1. The molecule has 2 heterocycles. The van der Waals surface area contributed by atoms with E-state index < -0.39 is 0 Å². The average molecular weight is 349 g/mol. The Kier molecular flexibility index (Phi) is 3.96. The summed E-state index contributed by atoms with van der Waals surface area (Å²) in [4.78, 5) is 19.5. The zero-order valence-electron chi connectivity index (χ0n) is 14.0. The predicted octanol–water partition coefficient (Wildman–Crippen LogP) is 3.00. The molecular formula is C19H16FN5O. The highest BCUT2D eigenvalue weighted by Gasteiger charge is 2.16. The molecule has 0 saturated heterocycles. The summed E-state index contributed by atoms with van der Waals surface area (Å²) in [6.07, 6.45) is 1.49. The van der Waals surface area contributed by atoms with E-state index in [4.69, 9.17) is 0 Å². The van der Waals surface area contributed by atoms with Crippen LogP contribution in [0.15, 0.2) is 65.6 Å². The third-order valence-corrected chi connectivity index (χ3v) is 4.22. The summed E-state index contributed by atoms with van der Waals surface area (Å²) in [7, 11) is 1.73. The van der Waals surface area contributed by atoms with Crippen LogP contribution in [0.1, 0.15) is 17.2 Å². The van der Waals surface area contributed by atoms with Crippen molar-refractivity contribution in [1.82, 2.24) is 19.7 Å². The monoisotopic (exact) mass is 349 g/mol. The van der Waals surface area contributed by atoms with Crippen LogP contribution in [0, 0.1) is 5.82 Å². The van der Waals surface area contributed by atoms with Crippen LogP contribution < -0.4 is 10.9 Å².